The summed E-state index contributed by atoms with van der Waals surface area (Å²) in [5, 5.41) is 5.54. The molecule has 130 valence electrons. The minimum Gasteiger partial charge on any atom is -0.355 e. The summed E-state index contributed by atoms with van der Waals surface area (Å²) in [6.07, 6.45) is 7.68. The molecule has 1 aromatic carbocycles. The monoisotopic (exact) mass is 329 g/mol. The molecule has 0 aromatic heterocycles. The van der Waals surface area contributed by atoms with Crippen molar-refractivity contribution in [2.24, 2.45) is 5.92 Å². The van der Waals surface area contributed by atoms with Crippen molar-refractivity contribution in [2.45, 2.75) is 44.6 Å². The molecule has 24 heavy (non-hydrogen) atoms. The van der Waals surface area contributed by atoms with E-state index in [-0.39, 0.29) is 11.8 Å². The summed E-state index contributed by atoms with van der Waals surface area (Å²) < 4.78 is 0. The summed E-state index contributed by atoms with van der Waals surface area (Å²) in [6, 6.07) is 7.65. The maximum absolute atomic E-state index is 12.5. The van der Waals surface area contributed by atoms with Crippen LogP contribution in [0.15, 0.2) is 24.3 Å². The second-order valence-electron chi connectivity index (χ2n) is 6.93. The average molecular weight is 329 g/mol. The normalized spacial score (nSPS) is 24.0. The van der Waals surface area contributed by atoms with Crippen molar-refractivity contribution in [2.75, 3.05) is 25.5 Å². The minimum absolute atomic E-state index is 0.00952. The first-order valence-corrected chi connectivity index (χ1v) is 9.03. The molecule has 2 N–H and O–H groups in total. The van der Waals surface area contributed by atoms with Crippen molar-refractivity contribution in [3.8, 4) is 0 Å². The largest absolute Gasteiger partial charge is 0.355 e. The van der Waals surface area contributed by atoms with Crippen LogP contribution in [0.5, 0.6) is 0 Å². The zero-order valence-corrected chi connectivity index (χ0v) is 14.4. The Hall–Kier alpha value is -1.88. The van der Waals surface area contributed by atoms with E-state index in [1.54, 1.807) is 25.2 Å². The third-order valence-corrected chi connectivity index (χ3v) is 5.34. The van der Waals surface area contributed by atoms with Gasteiger partial charge in [0.15, 0.2) is 0 Å². The summed E-state index contributed by atoms with van der Waals surface area (Å²) in [4.78, 5) is 26.5. The summed E-state index contributed by atoms with van der Waals surface area (Å²) in [5.41, 5.74) is 1.24. The number of amides is 2. The minimum atomic E-state index is -0.146. The van der Waals surface area contributed by atoms with Gasteiger partial charge in [0.2, 0.25) is 5.91 Å². The lowest BCUT2D eigenvalue weighted by atomic mass is 9.78. The number of likely N-dealkylation sites (tertiary alicyclic amines) is 1. The molecule has 2 fully saturated rings. The number of benzene rings is 1. The van der Waals surface area contributed by atoms with E-state index in [2.05, 4.69) is 15.5 Å². The van der Waals surface area contributed by atoms with Gasteiger partial charge < -0.3 is 10.6 Å². The van der Waals surface area contributed by atoms with Gasteiger partial charge in [-0.15, -0.1) is 0 Å². The molecule has 1 aliphatic heterocycles. The van der Waals surface area contributed by atoms with Gasteiger partial charge in [0.1, 0.15) is 0 Å². The average Bonchev–Trinajstić information content (AvgIpc) is 2.61. The second kappa shape index (κ2) is 7.79. The molecule has 2 aliphatic rings. The molecule has 1 heterocycles. The van der Waals surface area contributed by atoms with Gasteiger partial charge in [-0.2, -0.15) is 0 Å². The van der Waals surface area contributed by atoms with Crippen LogP contribution in [0.1, 0.15) is 48.9 Å². The molecule has 2 atom stereocenters. The second-order valence-corrected chi connectivity index (χ2v) is 6.93. The van der Waals surface area contributed by atoms with Crippen LogP contribution in [-0.4, -0.2) is 42.9 Å². The van der Waals surface area contributed by atoms with Gasteiger partial charge in [0.25, 0.3) is 5.91 Å². The Morgan fingerprint density at radius 1 is 1.17 bits per heavy atom. The maximum Gasteiger partial charge on any atom is 0.251 e. The predicted octanol–water partition coefficient (Wildman–Crippen LogP) is 2.64. The van der Waals surface area contributed by atoms with Crippen LogP contribution in [0, 0.1) is 5.92 Å². The molecule has 5 nitrogen and oxygen atoms in total. The van der Waals surface area contributed by atoms with Crippen molar-refractivity contribution in [1.82, 2.24) is 10.2 Å². The van der Waals surface area contributed by atoms with Crippen LogP contribution < -0.4 is 10.6 Å². The van der Waals surface area contributed by atoms with E-state index >= 15 is 0 Å². The number of carbonyl (C=O) groups is 2. The van der Waals surface area contributed by atoms with Crippen LogP contribution in [0.3, 0.4) is 0 Å². The Balaban J connectivity index is 1.60. The topological polar surface area (TPSA) is 61.4 Å². The zero-order valence-electron chi connectivity index (χ0n) is 14.4. The number of piperidine rings is 1. The van der Waals surface area contributed by atoms with E-state index in [9.17, 15) is 9.59 Å². The Labute approximate surface area is 143 Å². The summed E-state index contributed by atoms with van der Waals surface area (Å²) >= 11 is 0. The molecular formula is C19H27N3O2. The van der Waals surface area contributed by atoms with E-state index in [0.717, 1.165) is 12.5 Å². The molecule has 0 spiro atoms. The van der Waals surface area contributed by atoms with Gasteiger partial charge in [-0.1, -0.05) is 18.9 Å². The highest BCUT2D eigenvalue weighted by Gasteiger charge is 2.33. The quantitative estimate of drug-likeness (QED) is 0.893. The van der Waals surface area contributed by atoms with Gasteiger partial charge >= 0.3 is 0 Å². The van der Waals surface area contributed by atoms with Gasteiger partial charge in [-0.25, -0.2) is 0 Å². The van der Waals surface area contributed by atoms with E-state index in [4.69, 9.17) is 0 Å². The number of nitrogens with one attached hydrogen (secondary N) is 2. The molecule has 5 heteroatoms. The lowest BCUT2D eigenvalue weighted by Gasteiger charge is -2.43. The highest BCUT2D eigenvalue weighted by molar-refractivity contribution is 5.97. The maximum atomic E-state index is 12.5. The fourth-order valence-electron chi connectivity index (χ4n) is 4.19. The first-order chi connectivity index (χ1) is 11.7. The molecule has 1 saturated carbocycles. The highest BCUT2D eigenvalue weighted by Crippen LogP contribution is 2.35. The predicted molar refractivity (Wildman–Crippen MR) is 95.0 cm³/mol. The van der Waals surface area contributed by atoms with Gasteiger partial charge in [0.05, 0.1) is 6.54 Å². The molecule has 0 radical (unpaired) electrons. The Bertz CT molecular complexity index is 600. The molecule has 1 aliphatic carbocycles. The van der Waals surface area contributed by atoms with E-state index in [1.165, 1.54) is 38.5 Å². The third kappa shape index (κ3) is 3.96. The Kier molecular flexibility index (Phi) is 5.51. The van der Waals surface area contributed by atoms with Crippen LogP contribution in [-0.2, 0) is 4.79 Å². The molecule has 0 bridgehead atoms. The van der Waals surface area contributed by atoms with Crippen LogP contribution in [0.4, 0.5) is 5.69 Å². The van der Waals surface area contributed by atoms with Crippen LogP contribution in [0.25, 0.3) is 0 Å². The molecule has 3 rings (SSSR count). The smallest absolute Gasteiger partial charge is 0.251 e. The number of anilines is 1. The first-order valence-electron chi connectivity index (χ1n) is 9.03. The van der Waals surface area contributed by atoms with Gasteiger partial charge in [0, 0.05) is 24.3 Å². The fourth-order valence-corrected chi connectivity index (χ4v) is 4.19. The van der Waals surface area contributed by atoms with Crippen LogP contribution in [0.2, 0.25) is 0 Å². The molecule has 1 saturated heterocycles. The molecule has 1 aromatic rings. The van der Waals surface area contributed by atoms with E-state index in [0.29, 0.717) is 23.8 Å². The number of fused-ring (bicyclic) bond motifs is 1. The molecule has 2 amide bonds. The number of rotatable bonds is 4. The zero-order chi connectivity index (χ0) is 16.9. The summed E-state index contributed by atoms with van der Waals surface area (Å²) in [5.74, 6) is 0.638. The number of hydrogen-bond donors (Lipinski definition) is 2. The number of carbonyl (C=O) groups excluding carboxylic acids is 2. The van der Waals surface area contributed by atoms with Crippen LogP contribution >= 0.6 is 0 Å². The Morgan fingerprint density at radius 2 is 1.96 bits per heavy atom. The lowest BCUT2D eigenvalue weighted by molar-refractivity contribution is -0.118. The van der Waals surface area contributed by atoms with E-state index < -0.39 is 0 Å². The SMILES string of the molecule is CNC(=O)c1cccc(NC(=O)CN2CCC[C@H]3CCCC[C@@H]32)c1. The van der Waals surface area contributed by atoms with Crippen molar-refractivity contribution in [3.05, 3.63) is 29.8 Å². The third-order valence-electron chi connectivity index (χ3n) is 5.34. The summed E-state index contributed by atoms with van der Waals surface area (Å²) in [7, 11) is 1.60. The first kappa shape index (κ1) is 17.0. The van der Waals surface area contributed by atoms with Crippen molar-refractivity contribution in [3.63, 3.8) is 0 Å². The van der Waals surface area contributed by atoms with Gasteiger partial charge in [-0.3, -0.25) is 14.5 Å². The van der Waals surface area contributed by atoms with Crippen molar-refractivity contribution in [1.29, 1.82) is 0 Å². The highest BCUT2D eigenvalue weighted by atomic mass is 16.2. The van der Waals surface area contributed by atoms with E-state index in [1.807, 2.05) is 6.07 Å². The number of hydrogen-bond acceptors (Lipinski definition) is 3. The van der Waals surface area contributed by atoms with Gasteiger partial charge in [-0.05, 0) is 56.3 Å². The lowest BCUT2D eigenvalue weighted by Crippen LogP contribution is -2.49. The standard InChI is InChI=1S/C19H27N3O2/c1-20-19(24)15-7-4-9-16(12-15)21-18(23)13-22-11-5-8-14-6-2-3-10-17(14)22/h4,7,9,12,14,17H,2-3,5-6,8,10-11,13H2,1H3,(H,20,24)(H,21,23)/t14-,17+/m1/s1. The fraction of sp³-hybridized carbons (Fsp3) is 0.579. The number of nitrogens with zero attached hydrogens (tertiary/aromatic N) is 1. The Morgan fingerprint density at radius 3 is 2.79 bits per heavy atom. The molecular weight excluding hydrogens is 302 g/mol. The van der Waals surface area contributed by atoms with Crippen molar-refractivity contribution >= 4 is 17.5 Å². The summed E-state index contributed by atoms with van der Waals surface area (Å²) in [6.45, 7) is 1.47. The molecule has 0 unspecified atom stereocenters. The van der Waals surface area contributed by atoms with Crippen molar-refractivity contribution < 1.29 is 9.59 Å².